The minimum Gasteiger partial charge on any atom is -0.364 e. The molecule has 19 heavy (non-hydrogen) atoms. The SMILES string of the molecule is CCC(C)C1CN(c2cc(Br)ccc2F)C(C)CN1. The molecular formula is C15H22BrFN2. The van der Waals surface area contributed by atoms with Gasteiger partial charge in [-0.15, -0.1) is 0 Å². The smallest absolute Gasteiger partial charge is 0.146 e. The molecule has 1 N–H and O–H groups in total. The van der Waals surface area contributed by atoms with Crippen molar-refractivity contribution in [1.29, 1.82) is 0 Å². The Morgan fingerprint density at radius 1 is 1.53 bits per heavy atom. The maximum absolute atomic E-state index is 14.1. The first kappa shape index (κ1) is 14.8. The van der Waals surface area contributed by atoms with Crippen LogP contribution in [0.3, 0.4) is 0 Å². The van der Waals surface area contributed by atoms with Crippen LogP contribution in [0.25, 0.3) is 0 Å². The fraction of sp³-hybridized carbons (Fsp3) is 0.600. The lowest BCUT2D eigenvalue weighted by Gasteiger charge is -2.42. The van der Waals surface area contributed by atoms with Gasteiger partial charge in [0.25, 0.3) is 0 Å². The standard InChI is InChI=1S/C15H22BrFN2/c1-4-10(2)14-9-19(11(3)8-18-14)15-7-12(16)5-6-13(15)17/h5-7,10-11,14,18H,4,8-9H2,1-3H3. The van der Waals surface area contributed by atoms with Crippen LogP contribution in [0.4, 0.5) is 10.1 Å². The molecule has 0 aliphatic carbocycles. The van der Waals surface area contributed by atoms with E-state index in [-0.39, 0.29) is 5.82 Å². The van der Waals surface area contributed by atoms with Crippen LogP contribution in [0.15, 0.2) is 22.7 Å². The van der Waals surface area contributed by atoms with E-state index in [4.69, 9.17) is 0 Å². The second-order valence-corrected chi connectivity index (χ2v) is 6.41. The van der Waals surface area contributed by atoms with E-state index < -0.39 is 0 Å². The van der Waals surface area contributed by atoms with Crippen LogP contribution in [0.5, 0.6) is 0 Å². The Kier molecular flexibility index (Phi) is 4.85. The van der Waals surface area contributed by atoms with Crippen LogP contribution in [0, 0.1) is 11.7 Å². The van der Waals surface area contributed by atoms with Gasteiger partial charge in [-0.1, -0.05) is 36.2 Å². The van der Waals surface area contributed by atoms with Crippen LogP contribution >= 0.6 is 15.9 Å². The second-order valence-electron chi connectivity index (χ2n) is 5.50. The molecule has 4 heteroatoms. The van der Waals surface area contributed by atoms with Crippen molar-refractivity contribution in [2.75, 3.05) is 18.0 Å². The number of benzene rings is 1. The highest BCUT2D eigenvalue weighted by Gasteiger charge is 2.29. The Morgan fingerprint density at radius 2 is 2.26 bits per heavy atom. The predicted octanol–water partition coefficient (Wildman–Crippen LogP) is 3.80. The van der Waals surface area contributed by atoms with Crippen molar-refractivity contribution >= 4 is 21.6 Å². The first-order valence-electron chi connectivity index (χ1n) is 6.98. The summed E-state index contributed by atoms with van der Waals surface area (Å²) in [5.41, 5.74) is 0.705. The van der Waals surface area contributed by atoms with Gasteiger partial charge < -0.3 is 10.2 Å². The maximum atomic E-state index is 14.1. The van der Waals surface area contributed by atoms with Crippen LogP contribution in [0.2, 0.25) is 0 Å². The predicted molar refractivity (Wildman–Crippen MR) is 82.2 cm³/mol. The van der Waals surface area contributed by atoms with Gasteiger partial charge in [0.1, 0.15) is 5.82 Å². The normalized spacial score (nSPS) is 25.4. The van der Waals surface area contributed by atoms with Gasteiger partial charge in [0.05, 0.1) is 5.69 Å². The molecule has 0 saturated carbocycles. The highest BCUT2D eigenvalue weighted by Crippen LogP contribution is 2.28. The summed E-state index contributed by atoms with van der Waals surface area (Å²) in [5, 5.41) is 3.58. The quantitative estimate of drug-likeness (QED) is 0.907. The third-order valence-corrected chi connectivity index (χ3v) is 4.64. The van der Waals surface area contributed by atoms with E-state index in [0.29, 0.717) is 23.7 Å². The highest BCUT2D eigenvalue weighted by atomic mass is 79.9. The van der Waals surface area contributed by atoms with E-state index in [2.05, 4.69) is 46.9 Å². The molecule has 2 nitrogen and oxygen atoms in total. The molecule has 106 valence electrons. The van der Waals surface area contributed by atoms with Crippen molar-refractivity contribution in [3.8, 4) is 0 Å². The molecule has 1 heterocycles. The molecule has 1 aliphatic heterocycles. The second kappa shape index (κ2) is 6.23. The van der Waals surface area contributed by atoms with Gasteiger partial charge in [0.15, 0.2) is 0 Å². The van der Waals surface area contributed by atoms with Crippen molar-refractivity contribution in [1.82, 2.24) is 5.32 Å². The molecule has 3 unspecified atom stereocenters. The van der Waals surface area contributed by atoms with E-state index >= 15 is 0 Å². The van der Waals surface area contributed by atoms with Gasteiger partial charge in [-0.25, -0.2) is 4.39 Å². The van der Waals surface area contributed by atoms with E-state index in [0.717, 1.165) is 24.0 Å². The largest absolute Gasteiger partial charge is 0.364 e. The average Bonchev–Trinajstić information content (AvgIpc) is 2.41. The van der Waals surface area contributed by atoms with Crippen molar-refractivity contribution in [2.24, 2.45) is 5.92 Å². The summed E-state index contributed by atoms with van der Waals surface area (Å²) in [5.74, 6) is 0.463. The summed E-state index contributed by atoms with van der Waals surface area (Å²) in [7, 11) is 0. The molecule has 0 bridgehead atoms. The lowest BCUT2D eigenvalue weighted by Crippen LogP contribution is -2.57. The number of nitrogens with zero attached hydrogens (tertiary/aromatic N) is 1. The number of halogens is 2. The van der Waals surface area contributed by atoms with Crippen LogP contribution in [-0.4, -0.2) is 25.2 Å². The Balaban J connectivity index is 2.23. The molecule has 0 radical (unpaired) electrons. The van der Waals surface area contributed by atoms with Gasteiger partial charge >= 0.3 is 0 Å². The van der Waals surface area contributed by atoms with Gasteiger partial charge in [-0.05, 0) is 31.0 Å². The van der Waals surface area contributed by atoms with Crippen molar-refractivity contribution < 1.29 is 4.39 Å². The summed E-state index contributed by atoms with van der Waals surface area (Å²) < 4.78 is 15.0. The summed E-state index contributed by atoms with van der Waals surface area (Å²) in [6.45, 7) is 8.36. The highest BCUT2D eigenvalue weighted by molar-refractivity contribution is 9.10. The minimum atomic E-state index is -0.139. The van der Waals surface area contributed by atoms with Crippen molar-refractivity contribution in [2.45, 2.75) is 39.3 Å². The first-order chi connectivity index (χ1) is 9.02. The fourth-order valence-corrected chi connectivity index (χ4v) is 2.94. The van der Waals surface area contributed by atoms with Crippen LogP contribution in [0.1, 0.15) is 27.2 Å². The fourth-order valence-electron chi connectivity index (χ4n) is 2.60. The number of nitrogens with one attached hydrogen (secondary N) is 1. The summed E-state index contributed by atoms with van der Waals surface area (Å²) in [6, 6.07) is 5.90. The Bertz CT molecular complexity index is 438. The molecule has 1 saturated heterocycles. The molecule has 1 aromatic carbocycles. The van der Waals surface area contributed by atoms with E-state index in [1.165, 1.54) is 6.07 Å². The lowest BCUT2D eigenvalue weighted by molar-refractivity contribution is 0.314. The number of hydrogen-bond acceptors (Lipinski definition) is 2. The monoisotopic (exact) mass is 328 g/mol. The Hall–Kier alpha value is -0.610. The third-order valence-electron chi connectivity index (χ3n) is 4.15. The number of hydrogen-bond donors (Lipinski definition) is 1. The van der Waals surface area contributed by atoms with Crippen molar-refractivity contribution in [3.05, 3.63) is 28.5 Å². The van der Waals surface area contributed by atoms with Gasteiger partial charge in [0, 0.05) is 29.6 Å². The summed E-state index contributed by atoms with van der Waals surface area (Å²) in [6.07, 6.45) is 1.14. The first-order valence-corrected chi connectivity index (χ1v) is 7.77. The lowest BCUT2D eigenvalue weighted by atomic mass is 9.95. The van der Waals surface area contributed by atoms with E-state index in [1.807, 2.05) is 6.07 Å². The Morgan fingerprint density at radius 3 is 2.95 bits per heavy atom. The number of rotatable bonds is 3. The molecule has 1 aromatic rings. The van der Waals surface area contributed by atoms with Gasteiger partial charge in [0.2, 0.25) is 0 Å². The van der Waals surface area contributed by atoms with Gasteiger partial charge in [-0.3, -0.25) is 0 Å². The average molecular weight is 329 g/mol. The number of anilines is 1. The molecule has 1 aliphatic rings. The topological polar surface area (TPSA) is 15.3 Å². The molecule has 1 fully saturated rings. The zero-order chi connectivity index (χ0) is 14.0. The summed E-state index contributed by atoms with van der Waals surface area (Å²) >= 11 is 3.43. The van der Waals surface area contributed by atoms with E-state index in [9.17, 15) is 4.39 Å². The zero-order valence-electron chi connectivity index (χ0n) is 11.8. The molecule has 0 spiro atoms. The molecule has 2 rings (SSSR count). The van der Waals surface area contributed by atoms with Gasteiger partial charge in [-0.2, -0.15) is 0 Å². The van der Waals surface area contributed by atoms with Crippen molar-refractivity contribution in [3.63, 3.8) is 0 Å². The molecular weight excluding hydrogens is 307 g/mol. The minimum absolute atomic E-state index is 0.139. The van der Waals surface area contributed by atoms with Crippen LogP contribution < -0.4 is 10.2 Å². The molecule has 0 aromatic heterocycles. The van der Waals surface area contributed by atoms with E-state index in [1.54, 1.807) is 6.07 Å². The maximum Gasteiger partial charge on any atom is 0.146 e. The van der Waals surface area contributed by atoms with Crippen LogP contribution in [-0.2, 0) is 0 Å². The zero-order valence-corrected chi connectivity index (χ0v) is 13.4. The Labute approximate surface area is 123 Å². The molecule has 0 amide bonds. The number of piperazine rings is 1. The molecule has 3 atom stereocenters. The third kappa shape index (κ3) is 3.29. The summed E-state index contributed by atoms with van der Waals surface area (Å²) in [4.78, 5) is 2.19.